The second-order valence-electron chi connectivity index (χ2n) is 6.74. The molecule has 2 N–H and O–H groups in total. The summed E-state index contributed by atoms with van der Waals surface area (Å²) in [5.74, 6) is 0.385. The Morgan fingerprint density at radius 2 is 1.67 bits per heavy atom. The van der Waals surface area contributed by atoms with Gasteiger partial charge in [-0.2, -0.15) is 0 Å². The highest BCUT2D eigenvalue weighted by Crippen LogP contribution is 2.25. The summed E-state index contributed by atoms with van der Waals surface area (Å²) in [7, 11) is 0. The quantitative estimate of drug-likeness (QED) is 0.340. The molecule has 7 nitrogen and oxygen atoms in total. The van der Waals surface area contributed by atoms with E-state index in [4.69, 9.17) is 46.4 Å². The topological polar surface area (TPSA) is 88.9 Å². The zero-order valence-corrected chi connectivity index (χ0v) is 21.2. The van der Waals surface area contributed by atoms with Crippen molar-refractivity contribution in [3.05, 3.63) is 67.9 Å². The van der Waals surface area contributed by atoms with Crippen LogP contribution in [0.3, 0.4) is 0 Å². The van der Waals surface area contributed by atoms with Gasteiger partial charge in [0.2, 0.25) is 5.91 Å². The van der Waals surface area contributed by atoms with Gasteiger partial charge in [0.1, 0.15) is 5.82 Å². The summed E-state index contributed by atoms with van der Waals surface area (Å²) in [6.07, 6.45) is 0.476. The van der Waals surface area contributed by atoms with Gasteiger partial charge in [0.15, 0.2) is 5.16 Å². The van der Waals surface area contributed by atoms with Gasteiger partial charge in [0.25, 0.3) is 5.91 Å². The molecule has 0 bridgehead atoms. The van der Waals surface area contributed by atoms with Gasteiger partial charge in [-0.3, -0.25) is 9.59 Å². The lowest BCUT2D eigenvalue weighted by atomic mass is 10.2. The molecule has 0 atom stereocenters. The summed E-state index contributed by atoms with van der Waals surface area (Å²) in [5, 5.41) is 16.1. The maximum Gasteiger partial charge on any atom is 0.251 e. The highest BCUT2D eigenvalue weighted by molar-refractivity contribution is 7.99. The molecular formula is C21H19Cl4N5O2S. The second-order valence-corrected chi connectivity index (χ2v) is 9.31. The van der Waals surface area contributed by atoms with E-state index < -0.39 is 0 Å². The molecule has 33 heavy (non-hydrogen) atoms. The van der Waals surface area contributed by atoms with Gasteiger partial charge >= 0.3 is 0 Å². The average Bonchev–Trinajstić information content (AvgIpc) is 3.18. The summed E-state index contributed by atoms with van der Waals surface area (Å²) in [6.45, 7) is 2.94. The molecule has 1 heterocycles. The van der Waals surface area contributed by atoms with E-state index in [1.165, 1.54) is 17.8 Å². The van der Waals surface area contributed by atoms with Crippen molar-refractivity contribution >= 4 is 75.7 Å². The molecule has 0 radical (unpaired) electrons. The first-order valence-electron chi connectivity index (χ1n) is 9.81. The lowest BCUT2D eigenvalue weighted by Gasteiger charge is -2.09. The van der Waals surface area contributed by atoms with E-state index in [0.29, 0.717) is 61.8 Å². The Morgan fingerprint density at radius 3 is 2.33 bits per heavy atom. The number of amides is 2. The highest BCUT2D eigenvalue weighted by atomic mass is 35.5. The van der Waals surface area contributed by atoms with Crippen LogP contribution in [0.25, 0.3) is 0 Å². The second kappa shape index (κ2) is 11.9. The number of hydrogen-bond donors (Lipinski definition) is 2. The fourth-order valence-electron chi connectivity index (χ4n) is 2.86. The molecule has 0 fully saturated rings. The van der Waals surface area contributed by atoms with E-state index >= 15 is 0 Å². The number of carbonyl (C=O) groups excluding carboxylic acids is 2. The Hall–Kier alpha value is -1.97. The lowest BCUT2D eigenvalue weighted by Crippen LogP contribution is -2.26. The van der Waals surface area contributed by atoms with Gasteiger partial charge in [0.05, 0.1) is 25.8 Å². The molecule has 174 valence electrons. The normalized spacial score (nSPS) is 10.8. The third-order valence-electron chi connectivity index (χ3n) is 4.46. The first-order chi connectivity index (χ1) is 15.8. The van der Waals surface area contributed by atoms with E-state index in [1.54, 1.807) is 30.3 Å². The number of nitrogens with one attached hydrogen (secondary N) is 2. The Labute approximate surface area is 215 Å². The first kappa shape index (κ1) is 25.6. The fraction of sp³-hybridized carbons (Fsp3) is 0.238. The minimum atomic E-state index is -0.260. The smallest absolute Gasteiger partial charge is 0.251 e. The molecule has 0 spiro atoms. The Bertz CT molecular complexity index is 1170. The monoisotopic (exact) mass is 545 g/mol. The van der Waals surface area contributed by atoms with E-state index in [2.05, 4.69) is 20.8 Å². The van der Waals surface area contributed by atoms with Crippen molar-refractivity contribution < 1.29 is 9.59 Å². The number of aromatic nitrogens is 3. The summed E-state index contributed by atoms with van der Waals surface area (Å²) < 4.78 is 1.91. The third-order valence-corrected chi connectivity index (χ3v) is 6.91. The average molecular weight is 547 g/mol. The van der Waals surface area contributed by atoms with Crippen LogP contribution in [-0.2, 0) is 17.8 Å². The Morgan fingerprint density at radius 1 is 0.970 bits per heavy atom. The van der Waals surface area contributed by atoms with Gasteiger partial charge in [-0.25, -0.2) is 0 Å². The van der Waals surface area contributed by atoms with Gasteiger partial charge in [0, 0.05) is 30.8 Å². The van der Waals surface area contributed by atoms with Crippen LogP contribution in [0, 0.1) is 0 Å². The van der Waals surface area contributed by atoms with Crippen LogP contribution in [0.15, 0.2) is 41.6 Å². The van der Waals surface area contributed by atoms with E-state index in [9.17, 15) is 9.59 Å². The molecule has 0 saturated carbocycles. The van der Waals surface area contributed by atoms with Gasteiger partial charge in [-0.1, -0.05) is 58.2 Å². The van der Waals surface area contributed by atoms with Crippen molar-refractivity contribution in [3.63, 3.8) is 0 Å². The number of thioether (sulfide) groups is 1. The number of nitrogens with zero attached hydrogens (tertiary/aromatic N) is 3. The van der Waals surface area contributed by atoms with E-state index in [-0.39, 0.29) is 17.6 Å². The maximum absolute atomic E-state index is 12.3. The van der Waals surface area contributed by atoms with Crippen molar-refractivity contribution in [2.45, 2.75) is 25.0 Å². The van der Waals surface area contributed by atoms with Gasteiger partial charge in [-0.15, -0.1) is 10.2 Å². The van der Waals surface area contributed by atoms with Crippen molar-refractivity contribution in [3.8, 4) is 0 Å². The van der Waals surface area contributed by atoms with Crippen molar-refractivity contribution in [1.82, 2.24) is 20.1 Å². The Kier molecular flexibility index (Phi) is 9.28. The largest absolute Gasteiger partial charge is 0.352 e. The van der Waals surface area contributed by atoms with Crippen LogP contribution in [0.1, 0.15) is 23.1 Å². The standard InChI is InChI=1S/C21H19Cl4N5O2S/c1-2-30-18(7-8-26-20(32)12-3-5-14(22)16(24)9-12)28-29-21(30)33-11-19(31)27-13-4-6-15(23)17(25)10-13/h3-6,9-10H,2,7-8,11H2,1H3,(H,26,32)(H,27,31). The first-order valence-corrected chi connectivity index (χ1v) is 12.3. The zero-order chi connectivity index (χ0) is 24.0. The summed E-state index contributed by atoms with van der Waals surface area (Å²) >= 11 is 25.0. The molecule has 3 aromatic rings. The summed E-state index contributed by atoms with van der Waals surface area (Å²) in [5.41, 5.74) is 0.982. The zero-order valence-electron chi connectivity index (χ0n) is 17.4. The molecule has 3 rings (SSSR count). The van der Waals surface area contributed by atoms with Crippen molar-refractivity contribution in [2.75, 3.05) is 17.6 Å². The highest BCUT2D eigenvalue weighted by Gasteiger charge is 2.14. The van der Waals surface area contributed by atoms with Gasteiger partial charge < -0.3 is 15.2 Å². The predicted molar refractivity (Wildman–Crippen MR) is 134 cm³/mol. The van der Waals surface area contributed by atoms with Crippen LogP contribution < -0.4 is 10.6 Å². The minimum absolute atomic E-state index is 0.145. The number of carbonyl (C=O) groups is 2. The summed E-state index contributed by atoms with van der Waals surface area (Å²) in [4.78, 5) is 24.6. The molecule has 0 unspecified atom stereocenters. The number of hydrogen-bond acceptors (Lipinski definition) is 5. The fourth-order valence-corrected chi connectivity index (χ4v) is 4.27. The van der Waals surface area contributed by atoms with Crippen LogP contribution in [-0.4, -0.2) is 38.9 Å². The Balaban J connectivity index is 1.52. The van der Waals surface area contributed by atoms with Crippen LogP contribution in [0.5, 0.6) is 0 Å². The van der Waals surface area contributed by atoms with Crippen LogP contribution >= 0.6 is 58.2 Å². The molecule has 2 amide bonds. The van der Waals surface area contributed by atoms with Crippen molar-refractivity contribution in [2.24, 2.45) is 0 Å². The number of halogens is 4. The van der Waals surface area contributed by atoms with Gasteiger partial charge in [-0.05, 0) is 43.3 Å². The molecule has 0 aliphatic carbocycles. The molecule has 2 aromatic carbocycles. The van der Waals surface area contributed by atoms with E-state index in [1.807, 2.05) is 11.5 Å². The van der Waals surface area contributed by atoms with E-state index in [0.717, 1.165) is 0 Å². The third kappa shape index (κ3) is 7.01. The molecular weight excluding hydrogens is 528 g/mol. The lowest BCUT2D eigenvalue weighted by molar-refractivity contribution is -0.113. The SMILES string of the molecule is CCn1c(CCNC(=O)c2ccc(Cl)c(Cl)c2)nnc1SCC(=O)Nc1ccc(Cl)c(Cl)c1. The van der Waals surface area contributed by atoms with Crippen molar-refractivity contribution in [1.29, 1.82) is 0 Å². The molecule has 0 aliphatic heterocycles. The predicted octanol–water partition coefficient (Wildman–Crippen LogP) is 5.61. The van der Waals surface area contributed by atoms with Crippen LogP contribution in [0.2, 0.25) is 20.1 Å². The molecule has 0 saturated heterocycles. The molecule has 12 heteroatoms. The summed E-state index contributed by atoms with van der Waals surface area (Å²) in [6, 6.07) is 9.59. The minimum Gasteiger partial charge on any atom is -0.352 e. The molecule has 0 aliphatic rings. The number of rotatable bonds is 9. The molecule has 1 aromatic heterocycles. The number of benzene rings is 2. The maximum atomic E-state index is 12.3. The van der Waals surface area contributed by atoms with Crippen LogP contribution in [0.4, 0.5) is 5.69 Å². The number of anilines is 1.